The molecule has 0 spiro atoms. The van der Waals surface area contributed by atoms with Crippen LogP contribution in [0.15, 0.2) is 91.1 Å². The molecule has 5 rings (SSSR count). The number of hydrogen-bond donors (Lipinski definition) is 3. The highest BCUT2D eigenvalue weighted by Gasteiger charge is 2.41. The second-order valence-electron chi connectivity index (χ2n) is 8.19. The molecule has 0 radical (unpaired) electrons. The van der Waals surface area contributed by atoms with Crippen molar-refractivity contribution >= 4 is 23.5 Å². The molecule has 0 bridgehead atoms. The fourth-order valence-electron chi connectivity index (χ4n) is 4.16. The van der Waals surface area contributed by atoms with Gasteiger partial charge in [-0.1, -0.05) is 72.8 Å². The molecule has 1 unspecified atom stereocenters. The third-order valence-electron chi connectivity index (χ3n) is 5.80. The highest BCUT2D eigenvalue weighted by Crippen LogP contribution is 2.25. The monoisotopic (exact) mass is 451 g/mol. The number of carboxylic acid groups (broad SMARTS) is 1. The van der Waals surface area contributed by atoms with Crippen LogP contribution in [0.5, 0.6) is 0 Å². The molecule has 3 N–H and O–H groups in total. The number of aromatic nitrogens is 2. The molecule has 1 aromatic heterocycles. The van der Waals surface area contributed by atoms with E-state index in [9.17, 15) is 9.59 Å². The molecule has 1 aliphatic rings. The summed E-state index contributed by atoms with van der Waals surface area (Å²) >= 11 is 0. The molecule has 1 amide bonds. The smallest absolute Gasteiger partial charge is 0.409 e. The average Bonchev–Trinajstić information content (AvgIpc) is 3.17. The molecule has 0 fully saturated rings. The van der Waals surface area contributed by atoms with Crippen LogP contribution in [0.3, 0.4) is 0 Å². The lowest BCUT2D eigenvalue weighted by atomic mass is 10.1. The predicted molar refractivity (Wildman–Crippen MR) is 129 cm³/mol. The van der Waals surface area contributed by atoms with E-state index in [1.165, 1.54) is 0 Å². The predicted octanol–water partition coefficient (Wildman–Crippen LogP) is 4.39. The highest BCUT2D eigenvalue weighted by atomic mass is 16.4. The molecule has 0 saturated heterocycles. The molecule has 168 valence electrons. The van der Waals surface area contributed by atoms with Crippen molar-refractivity contribution in [3.05, 3.63) is 108 Å². The lowest BCUT2D eigenvalue weighted by molar-refractivity contribution is -0.552. The van der Waals surface area contributed by atoms with E-state index in [1.54, 1.807) is 22.9 Å². The standard InChI is InChI=1S/C27H22N4O3/c32-26-23(16-19-11-13-21(14-12-19)28-27(33)34)30-25-22(15-18-7-3-1-4-8-18)29-24(17-31(25)26)20-9-5-2-6-10-20/h1-14,17,23,28H,15-16H2,(H,33,34)/p+1. The molecule has 0 aliphatic carbocycles. The number of fused-ring (bicyclic) bond motifs is 1. The number of amides is 1. The van der Waals surface area contributed by atoms with Gasteiger partial charge in [0.05, 0.1) is 0 Å². The third-order valence-corrected chi connectivity index (χ3v) is 5.80. The molecule has 3 aromatic carbocycles. The fourth-order valence-corrected chi connectivity index (χ4v) is 4.16. The van der Waals surface area contributed by atoms with Crippen molar-refractivity contribution in [3.63, 3.8) is 0 Å². The van der Waals surface area contributed by atoms with Gasteiger partial charge in [0.2, 0.25) is 0 Å². The summed E-state index contributed by atoms with van der Waals surface area (Å²) < 4.78 is 1.68. The number of hydrogen-bond acceptors (Lipinski definition) is 4. The summed E-state index contributed by atoms with van der Waals surface area (Å²) in [5, 5.41) is 14.6. The zero-order valence-electron chi connectivity index (χ0n) is 18.3. The molecule has 4 aromatic rings. The minimum absolute atomic E-state index is 0.0448. The molecule has 1 atom stereocenters. The molecular weight excluding hydrogens is 428 g/mol. The van der Waals surface area contributed by atoms with Gasteiger partial charge in [0, 0.05) is 24.1 Å². The first-order chi connectivity index (χ1) is 16.6. The fraction of sp³-hybridized carbons (Fsp3) is 0.111. The van der Waals surface area contributed by atoms with Crippen LogP contribution in [-0.2, 0) is 12.8 Å². The molecular formula is C27H23N4O3+. The van der Waals surface area contributed by atoms with Gasteiger partial charge in [0.15, 0.2) is 6.04 Å². The van der Waals surface area contributed by atoms with Crippen LogP contribution in [0.1, 0.15) is 21.6 Å². The van der Waals surface area contributed by atoms with Gasteiger partial charge in [-0.25, -0.2) is 14.6 Å². The van der Waals surface area contributed by atoms with Crippen LogP contribution >= 0.6 is 0 Å². The van der Waals surface area contributed by atoms with Gasteiger partial charge in [0.1, 0.15) is 17.6 Å². The van der Waals surface area contributed by atoms with Gasteiger partial charge in [0.25, 0.3) is 0 Å². The number of nitrogens with one attached hydrogen (secondary N) is 2. The van der Waals surface area contributed by atoms with Crippen LogP contribution in [0, 0.1) is 0 Å². The number of nitrogens with zero attached hydrogens (tertiary/aromatic N) is 2. The Morgan fingerprint density at radius 3 is 2.29 bits per heavy atom. The highest BCUT2D eigenvalue weighted by molar-refractivity contribution is 5.84. The summed E-state index contributed by atoms with van der Waals surface area (Å²) in [4.78, 5) is 29.1. The quantitative estimate of drug-likeness (QED) is 0.378. The molecule has 1 aliphatic heterocycles. The summed E-state index contributed by atoms with van der Waals surface area (Å²) in [6, 6.07) is 26.5. The Kier molecular flexibility index (Phi) is 5.74. The van der Waals surface area contributed by atoms with Crippen LogP contribution in [0.4, 0.5) is 16.3 Å². The summed E-state index contributed by atoms with van der Waals surface area (Å²) in [5.41, 5.74) is 5.03. The topological polar surface area (TPSA) is 95.2 Å². The zero-order chi connectivity index (χ0) is 23.5. The van der Waals surface area contributed by atoms with Crippen molar-refractivity contribution in [3.8, 4) is 11.3 Å². The maximum absolute atomic E-state index is 13.4. The van der Waals surface area contributed by atoms with Crippen molar-refractivity contribution in [2.75, 3.05) is 10.6 Å². The van der Waals surface area contributed by atoms with Crippen molar-refractivity contribution in [1.82, 2.24) is 4.98 Å². The van der Waals surface area contributed by atoms with E-state index in [4.69, 9.17) is 10.1 Å². The van der Waals surface area contributed by atoms with Crippen LogP contribution < -0.4 is 15.2 Å². The number of anilines is 2. The average molecular weight is 452 g/mol. The number of rotatable bonds is 6. The van der Waals surface area contributed by atoms with Crippen LogP contribution in [-0.4, -0.2) is 28.1 Å². The van der Waals surface area contributed by atoms with Gasteiger partial charge >= 0.3 is 17.8 Å². The normalized spacial score (nSPS) is 14.4. The number of carbonyl (C=O) groups is 2. The van der Waals surface area contributed by atoms with Gasteiger partial charge < -0.3 is 5.11 Å². The van der Waals surface area contributed by atoms with Crippen molar-refractivity contribution in [2.24, 2.45) is 0 Å². The zero-order valence-corrected chi connectivity index (χ0v) is 18.3. The first-order valence-electron chi connectivity index (χ1n) is 11.0. The molecule has 7 heteroatoms. The Balaban J connectivity index is 1.46. The van der Waals surface area contributed by atoms with Gasteiger partial charge in [-0.15, -0.1) is 0 Å². The van der Waals surface area contributed by atoms with E-state index in [0.29, 0.717) is 24.3 Å². The maximum atomic E-state index is 13.4. The number of benzene rings is 3. The second kappa shape index (κ2) is 9.15. The summed E-state index contributed by atoms with van der Waals surface area (Å²) in [5.74, 6) is 0.666. The van der Waals surface area contributed by atoms with Crippen LogP contribution in [0.25, 0.3) is 11.3 Å². The Hall–Kier alpha value is -4.52. The Labute approximate surface area is 196 Å². The molecule has 7 nitrogen and oxygen atoms in total. The first kappa shape index (κ1) is 21.3. The van der Waals surface area contributed by atoms with Gasteiger partial charge in [-0.2, -0.15) is 4.57 Å². The SMILES string of the molecule is O=C(O)Nc1ccc(CC2Nc3c(Cc4ccccc4)nc(-c4ccccc4)c[n+]3C2=O)cc1. The van der Waals surface area contributed by atoms with Crippen molar-refractivity contribution in [1.29, 1.82) is 0 Å². The number of carbonyl (C=O) groups excluding carboxylic acids is 1. The molecule has 2 heterocycles. The van der Waals surface area contributed by atoms with Crippen LogP contribution in [0.2, 0.25) is 0 Å². The summed E-state index contributed by atoms with van der Waals surface area (Å²) in [6.07, 6.45) is 1.76. The van der Waals surface area contributed by atoms with E-state index in [1.807, 2.05) is 60.7 Å². The Bertz CT molecular complexity index is 1340. The second-order valence-corrected chi connectivity index (χ2v) is 8.19. The largest absolute Gasteiger partial charge is 0.465 e. The van der Waals surface area contributed by atoms with Gasteiger partial charge in [-0.05, 0) is 23.3 Å². The first-order valence-corrected chi connectivity index (χ1v) is 11.0. The van der Waals surface area contributed by atoms with Gasteiger partial charge in [-0.3, -0.25) is 10.6 Å². The lowest BCUT2D eigenvalue weighted by Gasteiger charge is -2.07. The minimum atomic E-state index is -1.11. The maximum Gasteiger partial charge on any atom is 0.409 e. The summed E-state index contributed by atoms with van der Waals surface area (Å²) in [7, 11) is 0. The van der Waals surface area contributed by atoms with Crippen molar-refractivity contribution < 1.29 is 19.3 Å². The van der Waals surface area contributed by atoms with E-state index < -0.39 is 12.1 Å². The lowest BCUT2D eigenvalue weighted by Crippen LogP contribution is -2.44. The van der Waals surface area contributed by atoms with E-state index in [2.05, 4.69) is 22.8 Å². The van der Waals surface area contributed by atoms with Crippen molar-refractivity contribution in [2.45, 2.75) is 18.9 Å². The van der Waals surface area contributed by atoms with E-state index >= 15 is 0 Å². The summed E-state index contributed by atoms with van der Waals surface area (Å²) in [6.45, 7) is 0. The van der Waals surface area contributed by atoms with E-state index in [0.717, 1.165) is 28.1 Å². The molecule has 34 heavy (non-hydrogen) atoms. The Morgan fingerprint density at radius 1 is 0.941 bits per heavy atom. The molecule has 0 saturated carbocycles. The minimum Gasteiger partial charge on any atom is -0.465 e. The third kappa shape index (κ3) is 4.49. The Morgan fingerprint density at radius 2 is 1.62 bits per heavy atom. The van der Waals surface area contributed by atoms with E-state index in [-0.39, 0.29) is 5.91 Å².